The van der Waals surface area contributed by atoms with E-state index in [1.54, 1.807) is 6.08 Å². The molecule has 22 heavy (non-hydrogen) atoms. The van der Waals surface area contributed by atoms with Crippen LogP contribution in [-0.2, 0) is 16.1 Å². The van der Waals surface area contributed by atoms with Crippen molar-refractivity contribution in [3.8, 4) is 0 Å². The zero-order chi connectivity index (χ0) is 15.8. The summed E-state index contributed by atoms with van der Waals surface area (Å²) in [4.78, 5) is 25.6. The molecule has 0 aromatic heterocycles. The number of carbonyl (C=O) groups is 2. The summed E-state index contributed by atoms with van der Waals surface area (Å²) in [5.41, 5.74) is 0.992. The Balaban J connectivity index is 1.93. The predicted octanol–water partition coefficient (Wildman–Crippen LogP) is 3.71. The van der Waals surface area contributed by atoms with Crippen LogP contribution in [0.15, 0.2) is 42.5 Å². The summed E-state index contributed by atoms with van der Waals surface area (Å²) >= 11 is 0. The van der Waals surface area contributed by atoms with Gasteiger partial charge in [-0.1, -0.05) is 56.2 Å². The van der Waals surface area contributed by atoms with Crippen molar-refractivity contribution in [2.24, 2.45) is 0 Å². The number of hydrogen-bond donors (Lipinski definition) is 0. The van der Waals surface area contributed by atoms with E-state index in [4.69, 9.17) is 4.74 Å². The van der Waals surface area contributed by atoms with Gasteiger partial charge in [-0.2, -0.15) is 0 Å². The van der Waals surface area contributed by atoms with Gasteiger partial charge in [-0.3, -0.25) is 9.69 Å². The highest BCUT2D eigenvalue weighted by atomic mass is 16.6. The zero-order valence-electron chi connectivity index (χ0n) is 13.0. The molecule has 1 aromatic rings. The molecule has 1 aliphatic rings. The van der Waals surface area contributed by atoms with Crippen LogP contribution in [-0.4, -0.2) is 29.4 Å². The van der Waals surface area contributed by atoms with Gasteiger partial charge >= 0.3 is 6.09 Å². The fourth-order valence-corrected chi connectivity index (χ4v) is 2.46. The second-order valence-corrected chi connectivity index (χ2v) is 5.51. The number of allylic oxidation sites excluding steroid dienone is 1. The molecule has 0 saturated carbocycles. The van der Waals surface area contributed by atoms with Crippen LogP contribution in [0.1, 0.15) is 38.2 Å². The predicted molar refractivity (Wildman–Crippen MR) is 85.4 cm³/mol. The molecule has 1 aliphatic heterocycles. The molecule has 1 aromatic carbocycles. The first kappa shape index (κ1) is 16.3. The first-order chi connectivity index (χ1) is 10.7. The molecule has 118 valence electrons. The van der Waals surface area contributed by atoms with E-state index in [-0.39, 0.29) is 12.4 Å². The van der Waals surface area contributed by atoms with Gasteiger partial charge < -0.3 is 4.74 Å². The van der Waals surface area contributed by atoms with Gasteiger partial charge in [0.2, 0.25) is 0 Å². The number of hydrogen-bond acceptors (Lipinski definition) is 3. The van der Waals surface area contributed by atoms with Crippen LogP contribution >= 0.6 is 0 Å². The Kier molecular flexibility index (Phi) is 6.19. The average molecular weight is 301 g/mol. The third kappa shape index (κ3) is 4.45. The van der Waals surface area contributed by atoms with E-state index in [0.29, 0.717) is 6.54 Å². The quantitative estimate of drug-likeness (QED) is 0.543. The minimum Gasteiger partial charge on any atom is -0.447 e. The molecular formula is C18H23NO3. The fraction of sp³-hybridized carbons (Fsp3) is 0.444. The molecule has 1 saturated heterocycles. The van der Waals surface area contributed by atoms with Crippen molar-refractivity contribution < 1.29 is 14.3 Å². The molecule has 4 nitrogen and oxygen atoms in total. The summed E-state index contributed by atoms with van der Waals surface area (Å²) in [6.45, 7) is 2.70. The first-order valence-electron chi connectivity index (χ1n) is 7.90. The molecule has 0 N–H and O–H groups in total. The number of ketones is 1. The summed E-state index contributed by atoms with van der Waals surface area (Å²) in [5.74, 6) is -0.0571. The Labute approximate surface area is 131 Å². The van der Waals surface area contributed by atoms with Gasteiger partial charge in [0, 0.05) is 6.54 Å². The Morgan fingerprint density at radius 3 is 2.82 bits per heavy atom. The molecule has 4 heteroatoms. The van der Waals surface area contributed by atoms with E-state index >= 15 is 0 Å². The first-order valence-corrected chi connectivity index (χ1v) is 7.90. The smallest absolute Gasteiger partial charge is 0.410 e. The molecular weight excluding hydrogens is 278 g/mol. The van der Waals surface area contributed by atoms with Gasteiger partial charge in [-0.05, 0) is 24.5 Å². The lowest BCUT2D eigenvalue weighted by atomic mass is 10.1. The number of carbonyl (C=O) groups excluding carboxylic acids is 2. The maximum absolute atomic E-state index is 12.3. The Bertz CT molecular complexity index is 524. The number of cyclic esters (lactones) is 1. The van der Waals surface area contributed by atoms with Gasteiger partial charge in [-0.15, -0.1) is 0 Å². The zero-order valence-corrected chi connectivity index (χ0v) is 13.0. The summed E-state index contributed by atoms with van der Waals surface area (Å²) in [7, 11) is 0. The molecule has 1 atom stereocenters. The van der Waals surface area contributed by atoms with Crippen molar-refractivity contribution >= 4 is 11.9 Å². The van der Waals surface area contributed by atoms with E-state index in [0.717, 1.165) is 24.8 Å². The lowest BCUT2D eigenvalue weighted by Crippen LogP contribution is -2.38. The molecule has 1 amide bonds. The van der Waals surface area contributed by atoms with Crippen molar-refractivity contribution in [1.82, 2.24) is 4.90 Å². The fourth-order valence-electron chi connectivity index (χ4n) is 2.46. The highest BCUT2D eigenvalue weighted by Crippen LogP contribution is 2.18. The average Bonchev–Trinajstić information content (AvgIpc) is 2.89. The van der Waals surface area contributed by atoms with Crippen LogP contribution in [0, 0.1) is 0 Å². The lowest BCUT2D eigenvalue weighted by Gasteiger charge is -2.19. The van der Waals surface area contributed by atoms with Gasteiger partial charge in [0.1, 0.15) is 12.6 Å². The summed E-state index contributed by atoms with van der Waals surface area (Å²) < 4.78 is 5.05. The standard InChI is InChI=1S/C18H23NO3/c1-2-3-4-5-9-12-17(20)16-14-22-18(21)19(16)13-15-10-7-6-8-11-15/h6-12,16H,2-5,13-14H2,1H3/t16-/m0/s1. The highest BCUT2D eigenvalue weighted by molar-refractivity contribution is 5.97. The van der Waals surface area contributed by atoms with Crippen LogP contribution < -0.4 is 0 Å². The summed E-state index contributed by atoms with van der Waals surface area (Å²) in [6.07, 6.45) is 7.42. The largest absolute Gasteiger partial charge is 0.447 e. The van der Waals surface area contributed by atoms with Crippen LogP contribution in [0.25, 0.3) is 0 Å². The van der Waals surface area contributed by atoms with Crippen molar-refractivity contribution in [1.29, 1.82) is 0 Å². The van der Waals surface area contributed by atoms with E-state index in [1.807, 2.05) is 36.4 Å². The molecule has 0 aliphatic carbocycles. The highest BCUT2D eigenvalue weighted by Gasteiger charge is 2.36. The van der Waals surface area contributed by atoms with E-state index in [9.17, 15) is 9.59 Å². The maximum atomic E-state index is 12.3. The van der Waals surface area contributed by atoms with Gasteiger partial charge in [-0.25, -0.2) is 4.79 Å². The molecule has 0 bridgehead atoms. The second kappa shape index (κ2) is 8.37. The van der Waals surface area contributed by atoms with Crippen molar-refractivity contribution in [3.63, 3.8) is 0 Å². The number of ether oxygens (including phenoxy) is 1. The minimum absolute atomic E-state index is 0.0571. The summed E-state index contributed by atoms with van der Waals surface area (Å²) in [6, 6.07) is 9.13. The SMILES string of the molecule is CCCCCC=CC(=O)[C@@H]1COC(=O)N1Cc1ccccc1. The summed E-state index contributed by atoms with van der Waals surface area (Å²) in [5, 5.41) is 0. The maximum Gasteiger partial charge on any atom is 0.410 e. The third-order valence-corrected chi connectivity index (χ3v) is 3.76. The molecule has 0 radical (unpaired) electrons. The van der Waals surface area contributed by atoms with Crippen LogP contribution in [0.2, 0.25) is 0 Å². The third-order valence-electron chi connectivity index (χ3n) is 3.76. The van der Waals surface area contributed by atoms with Crippen LogP contribution in [0.5, 0.6) is 0 Å². The Morgan fingerprint density at radius 2 is 2.09 bits per heavy atom. The molecule has 0 spiro atoms. The molecule has 1 heterocycles. The van der Waals surface area contributed by atoms with Crippen molar-refractivity contribution in [2.75, 3.05) is 6.61 Å². The van der Waals surface area contributed by atoms with E-state index in [1.165, 1.54) is 11.3 Å². The van der Waals surface area contributed by atoms with Crippen LogP contribution in [0.4, 0.5) is 4.79 Å². The van der Waals surface area contributed by atoms with E-state index < -0.39 is 12.1 Å². The number of amides is 1. The molecule has 1 fully saturated rings. The van der Waals surface area contributed by atoms with Crippen LogP contribution in [0.3, 0.4) is 0 Å². The Morgan fingerprint density at radius 1 is 1.32 bits per heavy atom. The normalized spacial score (nSPS) is 18.0. The monoisotopic (exact) mass is 301 g/mol. The van der Waals surface area contributed by atoms with Crippen molar-refractivity contribution in [2.45, 2.75) is 45.2 Å². The Hall–Kier alpha value is -2.10. The number of nitrogens with zero attached hydrogens (tertiary/aromatic N) is 1. The van der Waals surface area contributed by atoms with Crippen molar-refractivity contribution in [3.05, 3.63) is 48.0 Å². The minimum atomic E-state index is -0.505. The molecule has 2 rings (SSSR count). The number of unbranched alkanes of at least 4 members (excludes halogenated alkanes) is 3. The van der Waals surface area contributed by atoms with Gasteiger partial charge in [0.25, 0.3) is 0 Å². The molecule has 0 unspecified atom stereocenters. The topological polar surface area (TPSA) is 46.6 Å². The van der Waals surface area contributed by atoms with E-state index in [2.05, 4.69) is 6.92 Å². The number of benzene rings is 1. The number of rotatable bonds is 8. The second-order valence-electron chi connectivity index (χ2n) is 5.51. The van der Waals surface area contributed by atoms with Gasteiger partial charge in [0.05, 0.1) is 0 Å². The lowest BCUT2D eigenvalue weighted by molar-refractivity contribution is -0.118. The van der Waals surface area contributed by atoms with Gasteiger partial charge in [0.15, 0.2) is 5.78 Å².